The Labute approximate surface area is 153 Å². The lowest BCUT2D eigenvalue weighted by Gasteiger charge is -2.29. The summed E-state index contributed by atoms with van der Waals surface area (Å²) >= 11 is 0. The number of carbonyl (C=O) groups excluding carboxylic acids is 2. The van der Waals surface area contributed by atoms with E-state index in [1.807, 2.05) is 47.4 Å². The lowest BCUT2D eigenvalue weighted by Crippen LogP contribution is -2.41. The van der Waals surface area contributed by atoms with Gasteiger partial charge in [0, 0.05) is 23.8 Å². The van der Waals surface area contributed by atoms with E-state index in [4.69, 9.17) is 5.84 Å². The fraction of sp³-hybridized carbons (Fsp3) is 0.300. The summed E-state index contributed by atoms with van der Waals surface area (Å²) in [5, 5.41) is 2.98. The van der Waals surface area contributed by atoms with Gasteiger partial charge in [0.15, 0.2) is 0 Å². The molecule has 0 atom stereocenters. The average molecular weight is 352 g/mol. The third kappa shape index (κ3) is 4.40. The number of hydrogen-bond donors (Lipinski definition) is 3. The van der Waals surface area contributed by atoms with Gasteiger partial charge in [-0.05, 0) is 42.7 Å². The fourth-order valence-electron chi connectivity index (χ4n) is 3.34. The second-order valence-corrected chi connectivity index (χ2v) is 6.53. The van der Waals surface area contributed by atoms with Crippen LogP contribution in [0.15, 0.2) is 54.6 Å². The van der Waals surface area contributed by atoms with Gasteiger partial charge in [0.2, 0.25) is 0 Å². The SMILES string of the molecule is NNC(=O)c1ccc(CN(C(=O)Nc2ccccc2)C2CCCC2)cc1. The summed E-state index contributed by atoms with van der Waals surface area (Å²) in [5.74, 6) is 4.83. The summed E-state index contributed by atoms with van der Waals surface area (Å²) < 4.78 is 0. The minimum Gasteiger partial charge on any atom is -0.317 e. The van der Waals surface area contributed by atoms with E-state index >= 15 is 0 Å². The molecule has 0 aliphatic heterocycles. The Bertz CT molecular complexity index is 740. The minimum absolute atomic E-state index is 0.0909. The van der Waals surface area contributed by atoms with Gasteiger partial charge in [0.25, 0.3) is 5.91 Å². The molecule has 0 radical (unpaired) electrons. The van der Waals surface area contributed by atoms with Crippen molar-refractivity contribution in [3.8, 4) is 0 Å². The highest BCUT2D eigenvalue weighted by Crippen LogP contribution is 2.26. The van der Waals surface area contributed by atoms with Crippen LogP contribution in [0.25, 0.3) is 0 Å². The molecule has 2 aromatic carbocycles. The zero-order valence-electron chi connectivity index (χ0n) is 14.7. The molecule has 6 nitrogen and oxygen atoms in total. The van der Waals surface area contributed by atoms with Gasteiger partial charge in [-0.15, -0.1) is 0 Å². The van der Waals surface area contributed by atoms with Crippen LogP contribution >= 0.6 is 0 Å². The Morgan fingerprint density at radius 3 is 2.27 bits per heavy atom. The van der Waals surface area contributed by atoms with Gasteiger partial charge < -0.3 is 10.2 Å². The Kier molecular flexibility index (Phi) is 5.86. The van der Waals surface area contributed by atoms with Crippen molar-refractivity contribution in [3.05, 3.63) is 65.7 Å². The van der Waals surface area contributed by atoms with Crippen LogP contribution in [0, 0.1) is 0 Å². The number of rotatable bonds is 5. The number of para-hydroxylation sites is 1. The number of urea groups is 1. The molecular weight excluding hydrogens is 328 g/mol. The van der Waals surface area contributed by atoms with Crippen molar-refractivity contribution in [2.75, 3.05) is 5.32 Å². The Hall–Kier alpha value is -2.86. The molecule has 3 rings (SSSR count). The molecule has 0 aromatic heterocycles. The van der Waals surface area contributed by atoms with E-state index in [2.05, 4.69) is 10.7 Å². The molecule has 0 unspecified atom stereocenters. The molecular formula is C20H24N4O2. The number of hydrazine groups is 1. The Balaban J connectivity index is 1.73. The van der Waals surface area contributed by atoms with Crippen molar-refractivity contribution in [3.63, 3.8) is 0 Å². The molecule has 3 amide bonds. The molecule has 0 heterocycles. The second-order valence-electron chi connectivity index (χ2n) is 6.53. The first-order valence-corrected chi connectivity index (χ1v) is 8.90. The van der Waals surface area contributed by atoms with Crippen LogP contribution in [-0.2, 0) is 6.54 Å². The summed E-state index contributed by atoms with van der Waals surface area (Å²) in [6, 6.07) is 16.8. The van der Waals surface area contributed by atoms with Crippen molar-refractivity contribution in [2.24, 2.45) is 5.84 Å². The third-order valence-electron chi connectivity index (χ3n) is 4.75. The van der Waals surface area contributed by atoms with E-state index in [0.29, 0.717) is 12.1 Å². The van der Waals surface area contributed by atoms with E-state index in [-0.39, 0.29) is 18.0 Å². The summed E-state index contributed by atoms with van der Waals surface area (Å²) in [4.78, 5) is 26.3. The van der Waals surface area contributed by atoms with Crippen LogP contribution < -0.4 is 16.6 Å². The van der Waals surface area contributed by atoms with Crippen LogP contribution in [0.4, 0.5) is 10.5 Å². The first-order valence-electron chi connectivity index (χ1n) is 8.90. The molecule has 1 aliphatic carbocycles. The predicted molar refractivity (Wildman–Crippen MR) is 101 cm³/mol. The standard InChI is InChI=1S/C20H24N4O2/c21-23-19(25)16-12-10-15(11-13-16)14-24(18-8-4-5-9-18)20(26)22-17-6-2-1-3-7-17/h1-3,6-7,10-13,18H,4-5,8-9,14,21H2,(H,22,26)(H,23,25). The van der Waals surface area contributed by atoms with Gasteiger partial charge in [-0.25, -0.2) is 10.6 Å². The summed E-state index contributed by atoms with van der Waals surface area (Å²) in [6.45, 7) is 0.508. The minimum atomic E-state index is -0.328. The molecule has 2 aromatic rings. The molecule has 1 aliphatic rings. The zero-order valence-corrected chi connectivity index (χ0v) is 14.7. The summed E-state index contributed by atoms with van der Waals surface area (Å²) in [5.41, 5.74) is 4.38. The van der Waals surface area contributed by atoms with Crippen LogP contribution in [0.2, 0.25) is 0 Å². The van der Waals surface area contributed by atoms with Gasteiger partial charge in [-0.3, -0.25) is 10.2 Å². The molecule has 6 heteroatoms. The van der Waals surface area contributed by atoms with Crippen LogP contribution in [0.1, 0.15) is 41.6 Å². The van der Waals surface area contributed by atoms with Crippen molar-refractivity contribution < 1.29 is 9.59 Å². The van der Waals surface area contributed by atoms with Crippen LogP contribution in [-0.4, -0.2) is 22.9 Å². The molecule has 0 bridgehead atoms. The summed E-state index contributed by atoms with van der Waals surface area (Å²) in [6.07, 6.45) is 4.34. The number of amides is 3. The van der Waals surface area contributed by atoms with Gasteiger partial charge in [0.1, 0.15) is 0 Å². The number of nitrogens with one attached hydrogen (secondary N) is 2. The number of carbonyl (C=O) groups is 2. The predicted octanol–water partition coefficient (Wildman–Crippen LogP) is 3.27. The van der Waals surface area contributed by atoms with Crippen molar-refractivity contribution in [1.29, 1.82) is 0 Å². The van der Waals surface area contributed by atoms with E-state index in [9.17, 15) is 9.59 Å². The van der Waals surface area contributed by atoms with Crippen molar-refractivity contribution >= 4 is 17.6 Å². The Morgan fingerprint density at radius 1 is 1.00 bits per heavy atom. The van der Waals surface area contributed by atoms with Crippen molar-refractivity contribution in [2.45, 2.75) is 38.3 Å². The average Bonchev–Trinajstić information content (AvgIpc) is 3.21. The van der Waals surface area contributed by atoms with Gasteiger partial charge in [-0.2, -0.15) is 0 Å². The lowest BCUT2D eigenvalue weighted by atomic mass is 10.1. The molecule has 1 fully saturated rings. The highest BCUT2D eigenvalue weighted by Gasteiger charge is 2.27. The van der Waals surface area contributed by atoms with Crippen LogP contribution in [0.3, 0.4) is 0 Å². The van der Waals surface area contributed by atoms with E-state index < -0.39 is 0 Å². The van der Waals surface area contributed by atoms with E-state index in [0.717, 1.165) is 36.9 Å². The highest BCUT2D eigenvalue weighted by atomic mass is 16.2. The number of hydrogen-bond acceptors (Lipinski definition) is 3. The van der Waals surface area contributed by atoms with Gasteiger partial charge in [-0.1, -0.05) is 43.2 Å². The largest absolute Gasteiger partial charge is 0.322 e. The number of nitrogens with zero attached hydrogens (tertiary/aromatic N) is 1. The molecule has 0 saturated heterocycles. The van der Waals surface area contributed by atoms with E-state index in [1.54, 1.807) is 12.1 Å². The normalized spacial score (nSPS) is 14.0. The second kappa shape index (κ2) is 8.49. The lowest BCUT2D eigenvalue weighted by molar-refractivity contribution is 0.0953. The molecule has 0 spiro atoms. The molecule has 136 valence electrons. The molecule has 4 N–H and O–H groups in total. The number of nitrogen functional groups attached to an aromatic ring is 1. The molecule has 1 saturated carbocycles. The smallest absolute Gasteiger partial charge is 0.317 e. The topological polar surface area (TPSA) is 87.5 Å². The first kappa shape index (κ1) is 17.9. The zero-order chi connectivity index (χ0) is 18.4. The Morgan fingerprint density at radius 2 is 1.65 bits per heavy atom. The number of benzene rings is 2. The molecule has 26 heavy (non-hydrogen) atoms. The quantitative estimate of drug-likeness (QED) is 0.438. The maximum absolute atomic E-state index is 12.9. The summed E-state index contributed by atoms with van der Waals surface area (Å²) in [7, 11) is 0. The van der Waals surface area contributed by atoms with Gasteiger partial charge in [0.05, 0.1) is 0 Å². The van der Waals surface area contributed by atoms with Crippen molar-refractivity contribution in [1.82, 2.24) is 10.3 Å². The third-order valence-corrected chi connectivity index (χ3v) is 4.75. The maximum atomic E-state index is 12.9. The van der Waals surface area contributed by atoms with Crippen LogP contribution in [0.5, 0.6) is 0 Å². The fourth-order valence-corrected chi connectivity index (χ4v) is 3.34. The number of nitrogens with two attached hydrogens (primary N) is 1. The number of anilines is 1. The van der Waals surface area contributed by atoms with E-state index in [1.165, 1.54) is 0 Å². The first-order chi connectivity index (χ1) is 12.7. The maximum Gasteiger partial charge on any atom is 0.322 e. The highest BCUT2D eigenvalue weighted by molar-refractivity contribution is 5.93. The van der Waals surface area contributed by atoms with Gasteiger partial charge >= 0.3 is 6.03 Å². The monoisotopic (exact) mass is 352 g/mol.